The monoisotopic (exact) mass is 390 g/mol. The van der Waals surface area contributed by atoms with Crippen molar-refractivity contribution in [2.24, 2.45) is 0 Å². The molecule has 0 radical (unpaired) electrons. The summed E-state index contributed by atoms with van der Waals surface area (Å²) in [6.07, 6.45) is 0.180. The zero-order valence-corrected chi connectivity index (χ0v) is 15.5. The Morgan fingerprint density at radius 2 is 1.75 bits per heavy atom. The van der Waals surface area contributed by atoms with E-state index in [0.717, 1.165) is 24.2 Å². The first kappa shape index (κ1) is 20.2. The molecule has 1 heterocycles. The van der Waals surface area contributed by atoms with E-state index in [-0.39, 0.29) is 24.1 Å². The molecule has 7 heteroatoms. The highest BCUT2D eigenvalue weighted by molar-refractivity contribution is 5.78. The smallest absolute Gasteiger partial charge is 0.387 e. The predicted octanol–water partition coefficient (Wildman–Crippen LogP) is 3.02. The first-order valence-electron chi connectivity index (χ1n) is 9.29. The first-order valence-corrected chi connectivity index (χ1v) is 9.29. The van der Waals surface area contributed by atoms with Gasteiger partial charge in [-0.05, 0) is 23.3 Å². The summed E-state index contributed by atoms with van der Waals surface area (Å²) in [6.45, 7) is 0.649. The van der Waals surface area contributed by atoms with Crippen LogP contribution in [0, 0.1) is 0 Å². The van der Waals surface area contributed by atoms with E-state index < -0.39 is 6.61 Å². The molecule has 28 heavy (non-hydrogen) atoms. The van der Waals surface area contributed by atoms with E-state index in [1.807, 2.05) is 18.2 Å². The fraction of sp³-hybridized carbons (Fsp3) is 0.381. The number of carbonyl (C=O) groups excluding carboxylic acids is 1. The largest absolute Gasteiger partial charge is 0.435 e. The van der Waals surface area contributed by atoms with E-state index in [9.17, 15) is 13.6 Å². The Balaban J connectivity index is 1.57. The van der Waals surface area contributed by atoms with E-state index in [1.165, 1.54) is 12.1 Å². The number of amides is 1. The number of nitrogens with one attached hydrogen (secondary N) is 1. The number of nitrogens with zero attached hydrogens (tertiary/aromatic N) is 1. The van der Waals surface area contributed by atoms with Crippen molar-refractivity contribution in [1.29, 1.82) is 0 Å². The Kier molecular flexibility index (Phi) is 7.33. The van der Waals surface area contributed by atoms with Crippen LogP contribution >= 0.6 is 0 Å². The number of benzene rings is 2. The second-order valence-corrected chi connectivity index (χ2v) is 6.58. The fourth-order valence-corrected chi connectivity index (χ4v) is 3.27. The van der Waals surface area contributed by atoms with Gasteiger partial charge in [-0.2, -0.15) is 8.78 Å². The average molecular weight is 390 g/mol. The van der Waals surface area contributed by atoms with Gasteiger partial charge in [0, 0.05) is 19.6 Å². The summed E-state index contributed by atoms with van der Waals surface area (Å²) in [6, 6.07) is 16.3. The third-order valence-corrected chi connectivity index (χ3v) is 4.68. The summed E-state index contributed by atoms with van der Waals surface area (Å²) in [4.78, 5) is 14.7. The van der Waals surface area contributed by atoms with Crippen LogP contribution in [0.25, 0.3) is 0 Å². The first-order chi connectivity index (χ1) is 13.6. The lowest BCUT2D eigenvalue weighted by molar-refractivity contribution is -0.120. The standard InChI is InChI=1S/C21H24F2N2O3/c22-21(23)28-18-8-6-16(7-9-18)14-20(26)24-15-19(17-4-2-1-3-5-17)25-10-12-27-13-11-25/h1-9,19,21H,10-15H2,(H,24,26). The molecule has 1 amide bonds. The van der Waals surface area contributed by atoms with Gasteiger partial charge < -0.3 is 14.8 Å². The van der Waals surface area contributed by atoms with Gasteiger partial charge in [0.05, 0.1) is 25.7 Å². The molecular formula is C21H24F2N2O3. The number of ether oxygens (including phenoxy) is 2. The van der Waals surface area contributed by atoms with Gasteiger partial charge in [-0.15, -0.1) is 0 Å². The second-order valence-electron chi connectivity index (χ2n) is 6.58. The van der Waals surface area contributed by atoms with Crippen LogP contribution in [0.2, 0.25) is 0 Å². The minimum atomic E-state index is -2.86. The van der Waals surface area contributed by atoms with Crippen molar-refractivity contribution in [1.82, 2.24) is 10.2 Å². The highest BCUT2D eigenvalue weighted by Crippen LogP contribution is 2.21. The number of halogens is 2. The third-order valence-electron chi connectivity index (χ3n) is 4.68. The Bertz CT molecular complexity index is 735. The molecule has 1 unspecified atom stereocenters. The predicted molar refractivity (Wildman–Crippen MR) is 101 cm³/mol. The van der Waals surface area contributed by atoms with Crippen LogP contribution in [-0.2, 0) is 16.0 Å². The van der Waals surface area contributed by atoms with Gasteiger partial charge in [0.1, 0.15) is 5.75 Å². The van der Waals surface area contributed by atoms with Crippen molar-refractivity contribution < 1.29 is 23.0 Å². The Labute approximate surface area is 163 Å². The van der Waals surface area contributed by atoms with Crippen LogP contribution in [-0.4, -0.2) is 50.3 Å². The number of carbonyl (C=O) groups is 1. The number of hydrogen-bond acceptors (Lipinski definition) is 4. The van der Waals surface area contributed by atoms with Crippen LogP contribution in [0.1, 0.15) is 17.2 Å². The van der Waals surface area contributed by atoms with Crippen molar-refractivity contribution in [3.8, 4) is 5.75 Å². The number of hydrogen-bond donors (Lipinski definition) is 1. The number of alkyl halides is 2. The van der Waals surface area contributed by atoms with Gasteiger partial charge in [0.2, 0.25) is 5.91 Å². The van der Waals surface area contributed by atoms with Crippen molar-refractivity contribution in [3.05, 3.63) is 65.7 Å². The Morgan fingerprint density at radius 3 is 2.39 bits per heavy atom. The van der Waals surface area contributed by atoms with E-state index in [4.69, 9.17) is 4.74 Å². The fourth-order valence-electron chi connectivity index (χ4n) is 3.27. The van der Waals surface area contributed by atoms with Crippen LogP contribution in [0.5, 0.6) is 5.75 Å². The molecule has 1 aliphatic rings. The van der Waals surface area contributed by atoms with Gasteiger partial charge >= 0.3 is 6.61 Å². The SMILES string of the molecule is O=C(Cc1ccc(OC(F)F)cc1)NCC(c1ccccc1)N1CCOCC1. The maximum absolute atomic E-state index is 12.4. The summed E-state index contributed by atoms with van der Waals surface area (Å²) in [5, 5.41) is 3.00. The van der Waals surface area contributed by atoms with E-state index in [2.05, 4.69) is 27.1 Å². The molecule has 3 rings (SSSR count). The molecule has 0 saturated carbocycles. The molecule has 2 aromatic carbocycles. The van der Waals surface area contributed by atoms with E-state index in [1.54, 1.807) is 12.1 Å². The summed E-state index contributed by atoms with van der Waals surface area (Å²) < 4.78 is 34.2. The van der Waals surface area contributed by atoms with Crippen LogP contribution < -0.4 is 10.1 Å². The van der Waals surface area contributed by atoms with Gasteiger partial charge in [-0.25, -0.2) is 0 Å². The average Bonchev–Trinajstić information content (AvgIpc) is 2.71. The zero-order chi connectivity index (χ0) is 19.8. The second kappa shape index (κ2) is 10.1. The highest BCUT2D eigenvalue weighted by Gasteiger charge is 2.23. The molecule has 1 N–H and O–H groups in total. The molecular weight excluding hydrogens is 366 g/mol. The van der Waals surface area contributed by atoms with Crippen molar-refractivity contribution in [2.45, 2.75) is 19.1 Å². The lowest BCUT2D eigenvalue weighted by atomic mass is 10.0. The van der Waals surface area contributed by atoms with Gasteiger partial charge in [-0.1, -0.05) is 42.5 Å². The molecule has 150 valence electrons. The van der Waals surface area contributed by atoms with Crippen LogP contribution in [0.15, 0.2) is 54.6 Å². The molecule has 0 spiro atoms. The maximum atomic E-state index is 12.4. The molecule has 2 aromatic rings. The molecule has 0 bridgehead atoms. The lowest BCUT2D eigenvalue weighted by Gasteiger charge is -2.35. The normalized spacial score (nSPS) is 16.0. The zero-order valence-electron chi connectivity index (χ0n) is 15.5. The lowest BCUT2D eigenvalue weighted by Crippen LogP contribution is -2.44. The maximum Gasteiger partial charge on any atom is 0.387 e. The van der Waals surface area contributed by atoms with E-state index in [0.29, 0.717) is 19.8 Å². The Hall–Kier alpha value is -2.51. The van der Waals surface area contributed by atoms with Crippen molar-refractivity contribution in [3.63, 3.8) is 0 Å². The summed E-state index contributed by atoms with van der Waals surface area (Å²) in [5.41, 5.74) is 1.89. The van der Waals surface area contributed by atoms with Gasteiger partial charge in [-0.3, -0.25) is 9.69 Å². The highest BCUT2D eigenvalue weighted by atomic mass is 19.3. The molecule has 5 nitrogen and oxygen atoms in total. The third kappa shape index (κ3) is 6.00. The van der Waals surface area contributed by atoms with Gasteiger partial charge in [0.15, 0.2) is 0 Å². The summed E-state index contributed by atoms with van der Waals surface area (Å²) in [5.74, 6) is -0.0349. The quantitative estimate of drug-likeness (QED) is 0.753. The number of rotatable bonds is 8. The van der Waals surface area contributed by atoms with Gasteiger partial charge in [0.25, 0.3) is 0 Å². The van der Waals surface area contributed by atoms with Crippen LogP contribution in [0.3, 0.4) is 0 Å². The Morgan fingerprint density at radius 1 is 1.07 bits per heavy atom. The summed E-state index contributed by atoms with van der Waals surface area (Å²) in [7, 11) is 0. The van der Waals surface area contributed by atoms with Crippen molar-refractivity contribution >= 4 is 5.91 Å². The van der Waals surface area contributed by atoms with E-state index >= 15 is 0 Å². The van der Waals surface area contributed by atoms with Crippen molar-refractivity contribution in [2.75, 3.05) is 32.8 Å². The topological polar surface area (TPSA) is 50.8 Å². The molecule has 0 aromatic heterocycles. The summed E-state index contributed by atoms with van der Waals surface area (Å²) >= 11 is 0. The molecule has 0 aliphatic carbocycles. The molecule has 1 saturated heterocycles. The minimum Gasteiger partial charge on any atom is -0.435 e. The molecule has 1 fully saturated rings. The number of morpholine rings is 1. The minimum absolute atomic E-state index is 0.0793. The molecule has 1 atom stereocenters. The van der Waals surface area contributed by atoms with Crippen LogP contribution in [0.4, 0.5) is 8.78 Å². The molecule has 1 aliphatic heterocycles.